The molecular formula is C31H45B4NO12. The first-order chi connectivity index (χ1) is 22.5. The third-order valence-electron chi connectivity index (χ3n) is 5.05. The van der Waals surface area contributed by atoms with Crippen LogP contribution in [0, 0.1) is 27.7 Å². The molecule has 0 spiro atoms. The molecule has 8 N–H and O–H groups in total. The van der Waals surface area contributed by atoms with Crippen LogP contribution in [-0.4, -0.2) is 95.5 Å². The number of benzene rings is 4. The predicted molar refractivity (Wildman–Crippen MR) is 188 cm³/mol. The molecule has 4 aromatic rings. The van der Waals surface area contributed by atoms with Gasteiger partial charge in [0.2, 0.25) is 0 Å². The van der Waals surface area contributed by atoms with Gasteiger partial charge in [-0.2, -0.15) is 0 Å². The van der Waals surface area contributed by atoms with Crippen LogP contribution in [-0.2, 0) is 0 Å². The summed E-state index contributed by atoms with van der Waals surface area (Å²) in [4.78, 5) is 2.00. The maximum Gasteiger partial charge on any atom is 0.707 e. The van der Waals surface area contributed by atoms with E-state index < -0.39 is 29.3 Å². The van der Waals surface area contributed by atoms with Crippen molar-refractivity contribution in [2.75, 3.05) is 21.1 Å². The molecule has 0 bridgehead atoms. The lowest BCUT2D eigenvalue weighted by Gasteiger charge is -2.03. The zero-order valence-electron chi connectivity index (χ0n) is 28.2. The molecule has 17 heteroatoms. The summed E-state index contributed by atoms with van der Waals surface area (Å²) >= 11 is 0. The topological polar surface area (TPSA) is 202 Å². The van der Waals surface area contributed by atoms with Gasteiger partial charge in [0.25, 0.3) is 0 Å². The number of nitrogens with zero attached hydrogens (tertiary/aromatic N) is 1. The zero-order chi connectivity index (χ0) is 36.6. The average molecular weight is 667 g/mol. The molecule has 0 fully saturated rings. The minimum Gasteiger partial charge on any atom is -0.512 e. The molecule has 0 heterocycles. The van der Waals surface area contributed by atoms with Crippen molar-refractivity contribution < 1.29 is 58.8 Å². The van der Waals surface area contributed by atoms with Crippen LogP contribution in [0.2, 0.25) is 0 Å². The summed E-state index contributed by atoms with van der Waals surface area (Å²) < 4.78 is 18.3. The second kappa shape index (κ2) is 25.1. The van der Waals surface area contributed by atoms with Gasteiger partial charge < -0.3 is 63.7 Å². The Balaban J connectivity index is 0.000000591. The van der Waals surface area contributed by atoms with Gasteiger partial charge in [-0.15, -0.1) is 0 Å². The summed E-state index contributed by atoms with van der Waals surface area (Å²) in [6.07, 6.45) is 0. The van der Waals surface area contributed by atoms with Crippen LogP contribution in [0.5, 0.6) is 23.0 Å². The van der Waals surface area contributed by atoms with Crippen molar-refractivity contribution >= 4 is 29.3 Å². The lowest BCUT2D eigenvalue weighted by molar-refractivity contribution is 0.286. The molecule has 0 aromatic heterocycles. The Morgan fingerprint density at radius 2 is 0.458 bits per heavy atom. The fourth-order valence-corrected chi connectivity index (χ4v) is 2.95. The normalized spacial score (nSPS) is 9.33. The van der Waals surface area contributed by atoms with E-state index in [0.717, 1.165) is 22.3 Å². The largest absolute Gasteiger partial charge is 0.707 e. The first-order valence-electron chi connectivity index (χ1n) is 14.5. The Morgan fingerprint density at radius 1 is 0.333 bits per heavy atom. The van der Waals surface area contributed by atoms with Gasteiger partial charge in [0.15, 0.2) is 0 Å². The Kier molecular flexibility index (Phi) is 23.0. The predicted octanol–water partition coefficient (Wildman–Crippen LogP) is 1.55. The van der Waals surface area contributed by atoms with Crippen molar-refractivity contribution in [3.05, 3.63) is 119 Å². The molecule has 48 heavy (non-hydrogen) atoms. The smallest absolute Gasteiger partial charge is 0.512 e. The maximum atomic E-state index is 8.41. The second-order valence-corrected chi connectivity index (χ2v) is 10.4. The van der Waals surface area contributed by atoms with Crippen LogP contribution >= 0.6 is 0 Å². The van der Waals surface area contributed by atoms with E-state index in [1.165, 1.54) is 0 Å². The lowest BCUT2D eigenvalue weighted by atomic mass is 10.2. The highest BCUT2D eigenvalue weighted by Gasteiger charge is 2.12. The molecule has 0 aliphatic rings. The van der Waals surface area contributed by atoms with Gasteiger partial charge in [-0.05, 0) is 97.4 Å². The number of aryl methyl sites for hydroxylation is 4. The van der Waals surface area contributed by atoms with Crippen LogP contribution in [0.15, 0.2) is 97.1 Å². The van der Waals surface area contributed by atoms with Gasteiger partial charge in [-0.25, -0.2) is 0 Å². The van der Waals surface area contributed by atoms with Gasteiger partial charge in [0.1, 0.15) is 23.0 Å². The molecule has 4 rings (SSSR count). The van der Waals surface area contributed by atoms with Gasteiger partial charge in [-0.1, -0.05) is 70.8 Å². The van der Waals surface area contributed by atoms with E-state index in [4.69, 9.17) is 40.2 Å². The number of rotatable bonds is 8. The minimum absolute atomic E-state index is 0.450. The fraction of sp³-hybridized carbons (Fsp3) is 0.226. The first-order valence-corrected chi connectivity index (χ1v) is 14.5. The molecule has 13 nitrogen and oxygen atoms in total. The third-order valence-corrected chi connectivity index (χ3v) is 5.05. The van der Waals surface area contributed by atoms with Gasteiger partial charge in [0, 0.05) is 0 Å². The molecule has 0 aliphatic heterocycles. The summed E-state index contributed by atoms with van der Waals surface area (Å²) in [6, 6.07) is 28.1. The van der Waals surface area contributed by atoms with Crippen LogP contribution in [0.4, 0.5) is 0 Å². The van der Waals surface area contributed by atoms with Crippen molar-refractivity contribution in [2.45, 2.75) is 27.7 Å². The Morgan fingerprint density at radius 3 is 0.562 bits per heavy atom. The van der Waals surface area contributed by atoms with Gasteiger partial charge >= 0.3 is 29.3 Å². The molecule has 0 saturated carbocycles. The van der Waals surface area contributed by atoms with Gasteiger partial charge in [0.05, 0.1) is 0 Å². The van der Waals surface area contributed by atoms with E-state index in [-0.39, 0.29) is 0 Å². The molecule has 0 unspecified atom stereocenters. The minimum atomic E-state index is -1.74. The molecule has 0 aliphatic carbocycles. The summed E-state index contributed by atoms with van der Waals surface area (Å²) in [5.74, 6) is 1.80. The standard InChI is InChI=1S/4C7H9BO3.C3H9N/c4*1-6-2-4-7(5-3-6)11-8(9)10;1-4(2)3/h4*2-5,9-10H,1H3;1-3H3. The van der Waals surface area contributed by atoms with Crippen LogP contribution in [0.3, 0.4) is 0 Å². The molecule has 0 radical (unpaired) electrons. The van der Waals surface area contributed by atoms with Crippen molar-refractivity contribution in [3.8, 4) is 23.0 Å². The van der Waals surface area contributed by atoms with Crippen LogP contribution < -0.4 is 18.6 Å². The van der Waals surface area contributed by atoms with Crippen molar-refractivity contribution in [1.29, 1.82) is 0 Å². The molecule has 0 amide bonds. The van der Waals surface area contributed by atoms with Crippen molar-refractivity contribution in [3.63, 3.8) is 0 Å². The molecule has 0 atom stereocenters. The van der Waals surface area contributed by atoms with E-state index in [1.54, 1.807) is 48.5 Å². The summed E-state index contributed by atoms with van der Waals surface area (Å²) in [7, 11) is -0.953. The Labute approximate surface area is 283 Å². The monoisotopic (exact) mass is 667 g/mol. The molecule has 258 valence electrons. The summed E-state index contributed by atoms with van der Waals surface area (Å²) in [5, 5.41) is 67.3. The highest BCUT2D eigenvalue weighted by atomic mass is 16.6. The quantitative estimate of drug-likeness (QED) is 0.126. The van der Waals surface area contributed by atoms with Crippen molar-refractivity contribution in [2.24, 2.45) is 0 Å². The fourth-order valence-electron chi connectivity index (χ4n) is 2.95. The van der Waals surface area contributed by atoms with E-state index in [2.05, 4.69) is 18.6 Å². The SMILES string of the molecule is CN(C)C.Cc1ccc(OB(O)O)cc1.Cc1ccc(OB(O)O)cc1.Cc1ccc(OB(O)O)cc1.Cc1ccc(OB(O)O)cc1. The number of hydrogen-bond acceptors (Lipinski definition) is 13. The molecule has 4 aromatic carbocycles. The first kappa shape index (κ1) is 44.0. The van der Waals surface area contributed by atoms with E-state index in [1.807, 2.05) is 102 Å². The highest BCUT2D eigenvalue weighted by Crippen LogP contribution is 2.13. The van der Waals surface area contributed by atoms with E-state index >= 15 is 0 Å². The van der Waals surface area contributed by atoms with Gasteiger partial charge in [-0.3, -0.25) is 0 Å². The summed E-state index contributed by atoms with van der Waals surface area (Å²) in [6.45, 7) is 7.77. The highest BCUT2D eigenvalue weighted by molar-refractivity contribution is 6.34. The van der Waals surface area contributed by atoms with Crippen LogP contribution in [0.1, 0.15) is 22.3 Å². The van der Waals surface area contributed by atoms with Crippen LogP contribution in [0.25, 0.3) is 0 Å². The van der Waals surface area contributed by atoms with E-state index in [9.17, 15) is 0 Å². The molecule has 0 saturated heterocycles. The Hall–Kier alpha value is -4.02. The zero-order valence-corrected chi connectivity index (χ0v) is 28.2. The maximum absolute atomic E-state index is 8.41. The van der Waals surface area contributed by atoms with E-state index in [0.29, 0.717) is 23.0 Å². The number of hydrogen-bond donors (Lipinski definition) is 8. The molecular weight excluding hydrogens is 622 g/mol. The second-order valence-electron chi connectivity index (χ2n) is 10.4. The van der Waals surface area contributed by atoms with Crippen molar-refractivity contribution in [1.82, 2.24) is 4.90 Å². The Bertz CT molecular complexity index is 1140. The summed E-state index contributed by atoms with van der Waals surface area (Å²) in [5.41, 5.74) is 4.41. The average Bonchev–Trinajstić information content (AvgIpc) is 2.98. The lowest BCUT2D eigenvalue weighted by Crippen LogP contribution is -2.20. The third kappa shape index (κ3) is 26.1.